The second-order valence-corrected chi connectivity index (χ2v) is 6.33. The van der Waals surface area contributed by atoms with E-state index in [2.05, 4.69) is 15.6 Å². The molecule has 2 N–H and O–H groups in total. The molecule has 2 aromatic carbocycles. The van der Waals surface area contributed by atoms with Crippen molar-refractivity contribution in [2.24, 2.45) is 0 Å². The van der Waals surface area contributed by atoms with Crippen molar-refractivity contribution in [1.29, 1.82) is 0 Å². The van der Waals surface area contributed by atoms with Crippen LogP contribution in [0.3, 0.4) is 0 Å². The molecule has 5 nitrogen and oxygen atoms in total. The van der Waals surface area contributed by atoms with E-state index in [1.807, 2.05) is 53.9 Å². The number of hydrogen-bond donors (Lipinski definition) is 2. The third-order valence-corrected chi connectivity index (χ3v) is 4.40. The van der Waals surface area contributed by atoms with Crippen LogP contribution in [0.2, 0.25) is 0 Å². The first kappa shape index (κ1) is 17.0. The zero-order valence-electron chi connectivity index (χ0n) is 14.1. The van der Waals surface area contributed by atoms with Crippen molar-refractivity contribution in [3.8, 4) is 17.0 Å². The molecule has 0 saturated heterocycles. The van der Waals surface area contributed by atoms with Gasteiger partial charge in [-0.25, -0.2) is 4.98 Å². The number of benzene rings is 2. The summed E-state index contributed by atoms with van der Waals surface area (Å²) in [6, 6.07) is 15.8. The lowest BCUT2D eigenvalue weighted by molar-refractivity contribution is -0.119. The van der Waals surface area contributed by atoms with Crippen molar-refractivity contribution in [2.75, 3.05) is 12.4 Å². The summed E-state index contributed by atoms with van der Waals surface area (Å²) >= 11 is 1.54. The Kier molecular flexibility index (Phi) is 5.30. The van der Waals surface area contributed by atoms with Gasteiger partial charge >= 0.3 is 0 Å². The van der Waals surface area contributed by atoms with Crippen LogP contribution in [-0.4, -0.2) is 18.0 Å². The highest BCUT2D eigenvalue weighted by atomic mass is 32.1. The lowest BCUT2D eigenvalue weighted by Crippen LogP contribution is -2.18. The lowest BCUT2D eigenvalue weighted by Gasteiger charge is -2.08. The Morgan fingerprint density at radius 3 is 2.64 bits per heavy atom. The van der Waals surface area contributed by atoms with Crippen LogP contribution in [0.4, 0.5) is 10.8 Å². The molecule has 0 bridgehead atoms. The average molecular weight is 353 g/mol. The van der Waals surface area contributed by atoms with Gasteiger partial charge in [-0.05, 0) is 17.7 Å². The van der Waals surface area contributed by atoms with E-state index in [-0.39, 0.29) is 5.91 Å². The van der Waals surface area contributed by atoms with Gasteiger partial charge < -0.3 is 15.4 Å². The number of methoxy groups -OCH3 is 1. The first-order valence-electron chi connectivity index (χ1n) is 7.85. The van der Waals surface area contributed by atoms with Gasteiger partial charge in [-0.1, -0.05) is 36.4 Å². The molecule has 0 aliphatic carbocycles. The van der Waals surface area contributed by atoms with Crippen molar-refractivity contribution in [3.63, 3.8) is 0 Å². The van der Waals surface area contributed by atoms with Crippen LogP contribution in [0.15, 0.2) is 53.9 Å². The molecular weight excluding hydrogens is 334 g/mol. The molecule has 0 spiro atoms. The number of nitrogens with zero attached hydrogens (tertiary/aromatic N) is 1. The number of aromatic nitrogens is 1. The molecule has 128 valence electrons. The Hall–Kier alpha value is -2.86. The third kappa shape index (κ3) is 4.36. The molecule has 0 unspecified atom stereocenters. The lowest BCUT2D eigenvalue weighted by atomic mass is 10.1. The van der Waals surface area contributed by atoms with E-state index in [4.69, 9.17) is 4.74 Å². The Labute approximate surface area is 150 Å². The van der Waals surface area contributed by atoms with Crippen LogP contribution < -0.4 is 15.4 Å². The number of anilines is 2. The minimum absolute atomic E-state index is 0.0318. The average Bonchev–Trinajstić information content (AvgIpc) is 3.09. The molecule has 0 aliphatic rings. The summed E-state index contributed by atoms with van der Waals surface area (Å²) in [5.74, 6) is 0.747. The van der Waals surface area contributed by atoms with Gasteiger partial charge in [0.05, 0.1) is 18.5 Å². The molecule has 3 aromatic rings. The summed E-state index contributed by atoms with van der Waals surface area (Å²) in [5.41, 5.74) is 3.89. The standard InChI is InChI=1S/C19H19N3O2S/c1-13(23)20-11-14-7-9-15(10-8-14)17-12-25-19(22-17)21-16-5-3-4-6-18(16)24-2/h3-10,12H,11H2,1-2H3,(H,20,23)(H,21,22). The topological polar surface area (TPSA) is 63.2 Å². The maximum Gasteiger partial charge on any atom is 0.217 e. The fourth-order valence-corrected chi connectivity index (χ4v) is 3.08. The van der Waals surface area contributed by atoms with E-state index in [1.54, 1.807) is 18.4 Å². The predicted octanol–water partition coefficient (Wildman–Crippen LogP) is 4.20. The number of nitrogens with one attached hydrogen (secondary N) is 2. The maximum absolute atomic E-state index is 11.0. The third-order valence-electron chi connectivity index (χ3n) is 3.64. The fourth-order valence-electron chi connectivity index (χ4n) is 2.35. The van der Waals surface area contributed by atoms with Gasteiger partial charge in [0, 0.05) is 24.4 Å². The second kappa shape index (κ2) is 7.81. The maximum atomic E-state index is 11.0. The second-order valence-electron chi connectivity index (χ2n) is 5.47. The summed E-state index contributed by atoms with van der Waals surface area (Å²) < 4.78 is 5.35. The van der Waals surface area contributed by atoms with Gasteiger partial charge in [-0.2, -0.15) is 0 Å². The van der Waals surface area contributed by atoms with Crippen LogP contribution in [-0.2, 0) is 11.3 Å². The number of thiazole rings is 1. The summed E-state index contributed by atoms with van der Waals surface area (Å²) in [7, 11) is 1.65. The normalized spacial score (nSPS) is 10.3. The molecule has 25 heavy (non-hydrogen) atoms. The first-order chi connectivity index (χ1) is 12.2. The number of amides is 1. The van der Waals surface area contributed by atoms with E-state index < -0.39 is 0 Å². The molecule has 1 aromatic heterocycles. The number of carbonyl (C=O) groups excluding carboxylic acids is 1. The highest BCUT2D eigenvalue weighted by Gasteiger charge is 2.07. The van der Waals surface area contributed by atoms with Crippen molar-refractivity contribution in [1.82, 2.24) is 10.3 Å². The zero-order chi connectivity index (χ0) is 17.6. The molecule has 0 radical (unpaired) electrons. The van der Waals surface area contributed by atoms with Crippen LogP contribution in [0.1, 0.15) is 12.5 Å². The Morgan fingerprint density at radius 2 is 1.92 bits per heavy atom. The summed E-state index contributed by atoms with van der Waals surface area (Å²) in [6.45, 7) is 2.05. The molecule has 1 amide bonds. The Balaban J connectivity index is 1.71. The van der Waals surface area contributed by atoms with Crippen molar-refractivity contribution < 1.29 is 9.53 Å². The molecule has 0 saturated carbocycles. The van der Waals surface area contributed by atoms with Crippen molar-refractivity contribution in [2.45, 2.75) is 13.5 Å². The first-order valence-corrected chi connectivity index (χ1v) is 8.73. The monoisotopic (exact) mass is 353 g/mol. The summed E-state index contributed by atoms with van der Waals surface area (Å²) in [4.78, 5) is 15.6. The molecule has 3 rings (SSSR count). The van der Waals surface area contributed by atoms with Gasteiger partial charge in [0.15, 0.2) is 5.13 Å². The highest BCUT2D eigenvalue weighted by molar-refractivity contribution is 7.14. The number of hydrogen-bond acceptors (Lipinski definition) is 5. The molecule has 6 heteroatoms. The molecule has 1 heterocycles. The minimum atomic E-state index is -0.0318. The molecule has 0 fully saturated rings. The van der Waals surface area contributed by atoms with E-state index in [0.29, 0.717) is 6.54 Å². The van der Waals surface area contributed by atoms with E-state index >= 15 is 0 Å². The summed E-state index contributed by atoms with van der Waals surface area (Å²) in [5, 5.41) is 8.90. The van der Waals surface area contributed by atoms with Gasteiger partial charge in [-0.15, -0.1) is 11.3 Å². The van der Waals surface area contributed by atoms with Gasteiger partial charge in [-0.3, -0.25) is 4.79 Å². The predicted molar refractivity (Wildman–Crippen MR) is 101 cm³/mol. The van der Waals surface area contributed by atoms with Crippen molar-refractivity contribution in [3.05, 3.63) is 59.5 Å². The highest BCUT2D eigenvalue weighted by Crippen LogP contribution is 2.31. The van der Waals surface area contributed by atoms with Crippen molar-refractivity contribution >= 4 is 28.1 Å². The number of carbonyl (C=O) groups is 1. The van der Waals surface area contributed by atoms with Crippen LogP contribution in [0.25, 0.3) is 11.3 Å². The fraction of sp³-hybridized carbons (Fsp3) is 0.158. The van der Waals surface area contributed by atoms with Gasteiger partial charge in [0.25, 0.3) is 0 Å². The quantitative estimate of drug-likeness (QED) is 0.697. The smallest absolute Gasteiger partial charge is 0.217 e. The summed E-state index contributed by atoms with van der Waals surface area (Å²) in [6.07, 6.45) is 0. The Bertz CT molecular complexity index is 859. The molecule has 0 aliphatic heterocycles. The van der Waals surface area contributed by atoms with E-state index in [0.717, 1.165) is 33.4 Å². The minimum Gasteiger partial charge on any atom is -0.495 e. The number of ether oxygens (including phenoxy) is 1. The van der Waals surface area contributed by atoms with Gasteiger partial charge in [0.2, 0.25) is 5.91 Å². The number of rotatable bonds is 6. The largest absolute Gasteiger partial charge is 0.495 e. The molecule has 0 atom stereocenters. The van der Waals surface area contributed by atoms with Crippen LogP contribution >= 0.6 is 11.3 Å². The molecular formula is C19H19N3O2S. The number of para-hydroxylation sites is 2. The van der Waals surface area contributed by atoms with Crippen LogP contribution in [0, 0.1) is 0 Å². The van der Waals surface area contributed by atoms with E-state index in [9.17, 15) is 4.79 Å². The van der Waals surface area contributed by atoms with Gasteiger partial charge in [0.1, 0.15) is 5.75 Å². The Morgan fingerprint density at radius 1 is 1.16 bits per heavy atom. The van der Waals surface area contributed by atoms with Crippen LogP contribution in [0.5, 0.6) is 5.75 Å². The SMILES string of the molecule is COc1ccccc1Nc1nc(-c2ccc(CNC(C)=O)cc2)cs1. The zero-order valence-corrected chi connectivity index (χ0v) is 14.9. The van der Waals surface area contributed by atoms with E-state index in [1.165, 1.54) is 6.92 Å².